The molecule has 1 aromatic carbocycles. The Bertz CT molecular complexity index is 570. The molecule has 98 valence electrons. The summed E-state index contributed by atoms with van der Waals surface area (Å²) >= 11 is 0. The van der Waals surface area contributed by atoms with E-state index < -0.39 is 0 Å². The van der Waals surface area contributed by atoms with E-state index in [-0.39, 0.29) is 0 Å². The standard InChI is InChI=1S/C15H22N2O/c1-10-6-7-13(18-4)15-14(10)11(2)12(3)17(15)9-5-8-16/h6-7H,5,8-9,16H2,1-4H3. The summed E-state index contributed by atoms with van der Waals surface area (Å²) in [6, 6.07) is 4.18. The van der Waals surface area contributed by atoms with Crippen molar-refractivity contribution in [3.8, 4) is 5.75 Å². The Morgan fingerprint density at radius 2 is 1.94 bits per heavy atom. The number of benzene rings is 1. The van der Waals surface area contributed by atoms with Crippen LogP contribution < -0.4 is 10.5 Å². The van der Waals surface area contributed by atoms with Crippen LogP contribution in [0, 0.1) is 20.8 Å². The van der Waals surface area contributed by atoms with Gasteiger partial charge in [-0.05, 0) is 50.9 Å². The zero-order valence-corrected chi connectivity index (χ0v) is 11.7. The minimum Gasteiger partial charge on any atom is -0.495 e. The highest BCUT2D eigenvalue weighted by Gasteiger charge is 2.16. The highest BCUT2D eigenvalue weighted by atomic mass is 16.5. The van der Waals surface area contributed by atoms with Crippen LogP contribution in [-0.2, 0) is 6.54 Å². The van der Waals surface area contributed by atoms with Gasteiger partial charge in [0.05, 0.1) is 12.6 Å². The number of nitrogens with two attached hydrogens (primary N) is 1. The van der Waals surface area contributed by atoms with Gasteiger partial charge in [-0.1, -0.05) is 6.07 Å². The molecular formula is C15H22N2O. The van der Waals surface area contributed by atoms with Crippen molar-refractivity contribution < 1.29 is 4.74 Å². The van der Waals surface area contributed by atoms with E-state index in [1.54, 1.807) is 7.11 Å². The number of methoxy groups -OCH3 is 1. The van der Waals surface area contributed by atoms with Gasteiger partial charge in [0, 0.05) is 17.6 Å². The lowest BCUT2D eigenvalue weighted by Crippen LogP contribution is -2.07. The number of fused-ring (bicyclic) bond motifs is 1. The Morgan fingerprint density at radius 1 is 1.22 bits per heavy atom. The Morgan fingerprint density at radius 3 is 2.56 bits per heavy atom. The van der Waals surface area contributed by atoms with E-state index in [9.17, 15) is 0 Å². The minimum atomic E-state index is 0.715. The zero-order valence-electron chi connectivity index (χ0n) is 11.7. The maximum atomic E-state index is 5.63. The molecule has 2 aromatic rings. The van der Waals surface area contributed by atoms with Crippen molar-refractivity contribution in [2.75, 3.05) is 13.7 Å². The fourth-order valence-corrected chi connectivity index (χ4v) is 2.66. The predicted molar refractivity (Wildman–Crippen MR) is 76.4 cm³/mol. The summed E-state index contributed by atoms with van der Waals surface area (Å²) in [6.45, 7) is 8.17. The summed E-state index contributed by atoms with van der Waals surface area (Å²) in [7, 11) is 1.73. The molecular weight excluding hydrogens is 224 g/mol. The first-order chi connectivity index (χ1) is 8.61. The normalized spacial score (nSPS) is 11.2. The van der Waals surface area contributed by atoms with Crippen molar-refractivity contribution >= 4 is 10.9 Å². The van der Waals surface area contributed by atoms with E-state index in [0.717, 1.165) is 18.7 Å². The SMILES string of the molecule is COc1ccc(C)c2c(C)c(C)n(CCCN)c12. The molecule has 0 unspecified atom stereocenters. The molecule has 2 N–H and O–H groups in total. The van der Waals surface area contributed by atoms with Gasteiger partial charge in [0.1, 0.15) is 5.75 Å². The molecule has 3 nitrogen and oxygen atoms in total. The molecule has 18 heavy (non-hydrogen) atoms. The molecule has 0 spiro atoms. The van der Waals surface area contributed by atoms with Gasteiger partial charge in [-0.15, -0.1) is 0 Å². The van der Waals surface area contributed by atoms with Gasteiger partial charge < -0.3 is 15.0 Å². The summed E-state index contributed by atoms with van der Waals surface area (Å²) in [4.78, 5) is 0. The third-order valence-corrected chi connectivity index (χ3v) is 3.75. The summed E-state index contributed by atoms with van der Waals surface area (Å²) in [5.74, 6) is 0.948. The number of hydrogen-bond donors (Lipinski definition) is 1. The van der Waals surface area contributed by atoms with Crippen molar-refractivity contribution in [2.24, 2.45) is 5.73 Å². The lowest BCUT2D eigenvalue weighted by molar-refractivity contribution is 0.416. The van der Waals surface area contributed by atoms with Crippen molar-refractivity contribution in [3.63, 3.8) is 0 Å². The van der Waals surface area contributed by atoms with Gasteiger partial charge in [-0.2, -0.15) is 0 Å². The second-order valence-corrected chi connectivity index (χ2v) is 4.81. The number of ether oxygens (including phenoxy) is 1. The molecule has 0 aliphatic carbocycles. The van der Waals surface area contributed by atoms with Crippen LogP contribution in [0.3, 0.4) is 0 Å². The molecule has 0 aliphatic heterocycles. The van der Waals surface area contributed by atoms with E-state index in [2.05, 4.69) is 37.5 Å². The van der Waals surface area contributed by atoms with E-state index in [1.165, 1.54) is 27.7 Å². The Balaban J connectivity index is 2.75. The van der Waals surface area contributed by atoms with E-state index in [0.29, 0.717) is 6.54 Å². The van der Waals surface area contributed by atoms with Gasteiger partial charge in [0.2, 0.25) is 0 Å². The first-order valence-corrected chi connectivity index (χ1v) is 6.44. The molecule has 3 heteroatoms. The van der Waals surface area contributed by atoms with E-state index in [1.807, 2.05) is 0 Å². The summed E-state index contributed by atoms with van der Waals surface area (Å²) in [6.07, 6.45) is 0.987. The van der Waals surface area contributed by atoms with Crippen molar-refractivity contribution in [3.05, 3.63) is 29.0 Å². The molecule has 0 saturated carbocycles. The summed E-state index contributed by atoms with van der Waals surface area (Å²) in [5.41, 5.74) is 10.8. The fourth-order valence-electron chi connectivity index (χ4n) is 2.66. The molecule has 0 fully saturated rings. The second kappa shape index (κ2) is 5.02. The molecule has 0 atom stereocenters. The Kier molecular flexibility index (Phi) is 3.62. The highest BCUT2D eigenvalue weighted by molar-refractivity contribution is 5.93. The van der Waals surface area contributed by atoms with E-state index >= 15 is 0 Å². The van der Waals surface area contributed by atoms with Crippen molar-refractivity contribution in [1.29, 1.82) is 0 Å². The quantitative estimate of drug-likeness (QED) is 0.901. The van der Waals surface area contributed by atoms with Crippen LogP contribution in [0.2, 0.25) is 0 Å². The summed E-state index contributed by atoms with van der Waals surface area (Å²) in [5, 5.41) is 1.32. The van der Waals surface area contributed by atoms with Crippen molar-refractivity contribution in [2.45, 2.75) is 33.7 Å². The Hall–Kier alpha value is -1.48. The molecule has 0 radical (unpaired) electrons. The lowest BCUT2D eigenvalue weighted by atomic mass is 10.1. The van der Waals surface area contributed by atoms with Crippen LogP contribution in [0.4, 0.5) is 0 Å². The molecule has 0 saturated heterocycles. The van der Waals surface area contributed by atoms with Gasteiger partial charge in [0.25, 0.3) is 0 Å². The molecule has 2 rings (SSSR count). The fraction of sp³-hybridized carbons (Fsp3) is 0.467. The number of aryl methyl sites for hydroxylation is 3. The molecule has 1 aromatic heterocycles. The summed E-state index contributed by atoms with van der Waals surface area (Å²) < 4.78 is 7.86. The van der Waals surface area contributed by atoms with Gasteiger partial charge in [-0.25, -0.2) is 0 Å². The predicted octanol–water partition coefficient (Wildman–Crippen LogP) is 2.92. The third kappa shape index (κ3) is 1.89. The monoisotopic (exact) mass is 246 g/mol. The molecule has 0 amide bonds. The molecule has 0 bridgehead atoms. The zero-order chi connectivity index (χ0) is 13.3. The van der Waals surface area contributed by atoms with Crippen LogP contribution in [0.25, 0.3) is 10.9 Å². The number of rotatable bonds is 4. The average molecular weight is 246 g/mol. The number of hydrogen-bond acceptors (Lipinski definition) is 2. The van der Waals surface area contributed by atoms with Crippen LogP contribution in [0.1, 0.15) is 23.2 Å². The second-order valence-electron chi connectivity index (χ2n) is 4.81. The molecule has 1 heterocycles. The van der Waals surface area contributed by atoms with Gasteiger partial charge in [-0.3, -0.25) is 0 Å². The highest BCUT2D eigenvalue weighted by Crippen LogP contribution is 2.34. The van der Waals surface area contributed by atoms with Crippen LogP contribution in [-0.4, -0.2) is 18.2 Å². The van der Waals surface area contributed by atoms with Crippen molar-refractivity contribution in [1.82, 2.24) is 4.57 Å². The first-order valence-electron chi connectivity index (χ1n) is 6.44. The minimum absolute atomic E-state index is 0.715. The largest absolute Gasteiger partial charge is 0.495 e. The van der Waals surface area contributed by atoms with Crippen LogP contribution in [0.5, 0.6) is 5.75 Å². The Labute approximate surface area is 109 Å². The third-order valence-electron chi connectivity index (χ3n) is 3.75. The average Bonchev–Trinajstić information content (AvgIpc) is 2.62. The first kappa shape index (κ1) is 13.0. The van der Waals surface area contributed by atoms with Crippen LogP contribution >= 0.6 is 0 Å². The number of aromatic nitrogens is 1. The van der Waals surface area contributed by atoms with E-state index in [4.69, 9.17) is 10.5 Å². The molecule has 0 aliphatic rings. The van der Waals surface area contributed by atoms with Crippen LogP contribution in [0.15, 0.2) is 12.1 Å². The smallest absolute Gasteiger partial charge is 0.143 e. The van der Waals surface area contributed by atoms with Gasteiger partial charge >= 0.3 is 0 Å². The maximum Gasteiger partial charge on any atom is 0.143 e. The lowest BCUT2D eigenvalue weighted by Gasteiger charge is -2.11. The van der Waals surface area contributed by atoms with Gasteiger partial charge in [0.15, 0.2) is 0 Å². The maximum absolute atomic E-state index is 5.63. The number of nitrogens with zero attached hydrogens (tertiary/aromatic N) is 1. The topological polar surface area (TPSA) is 40.2 Å².